The van der Waals surface area contributed by atoms with Crippen LogP contribution in [-0.4, -0.2) is 19.3 Å². The normalized spacial score (nSPS) is 23.4. The van der Waals surface area contributed by atoms with Gasteiger partial charge in [-0.25, -0.2) is 0 Å². The lowest BCUT2D eigenvalue weighted by atomic mass is 9.95. The summed E-state index contributed by atoms with van der Waals surface area (Å²) in [6.45, 7) is 0. The number of benzene rings is 1. The zero-order valence-electron chi connectivity index (χ0n) is 10.8. The van der Waals surface area contributed by atoms with Crippen molar-refractivity contribution in [1.29, 1.82) is 0 Å². The third-order valence-electron chi connectivity index (χ3n) is 3.43. The fraction of sp³-hybridized carbons (Fsp3) is 0.571. The van der Waals surface area contributed by atoms with Gasteiger partial charge in [0.15, 0.2) is 0 Å². The molecule has 0 saturated heterocycles. The number of halogens is 3. The molecule has 1 aliphatic carbocycles. The zero-order valence-corrected chi connectivity index (χ0v) is 13.1. The second-order valence-corrected chi connectivity index (χ2v) is 5.88. The first-order valence-electron chi connectivity index (χ1n) is 6.37. The Morgan fingerprint density at radius 3 is 2.63 bits per heavy atom. The second kappa shape index (κ2) is 7.03. The van der Waals surface area contributed by atoms with Gasteiger partial charge in [0.1, 0.15) is 11.9 Å². The summed E-state index contributed by atoms with van der Waals surface area (Å²) in [5, 5.41) is 1.09. The Morgan fingerprint density at radius 1 is 1.21 bits per heavy atom. The largest absolute Gasteiger partial charge is 0.488 e. The molecule has 0 spiro atoms. The molecule has 0 heterocycles. The molecule has 0 bridgehead atoms. The Labute approximate surface area is 128 Å². The Morgan fingerprint density at radius 2 is 1.95 bits per heavy atom. The molecule has 2 nitrogen and oxygen atoms in total. The zero-order chi connectivity index (χ0) is 13.8. The van der Waals surface area contributed by atoms with Crippen LogP contribution >= 0.6 is 34.8 Å². The van der Waals surface area contributed by atoms with Crippen molar-refractivity contribution in [1.82, 2.24) is 0 Å². The van der Waals surface area contributed by atoms with Gasteiger partial charge in [0.05, 0.1) is 17.0 Å². The van der Waals surface area contributed by atoms with Crippen LogP contribution in [-0.2, 0) is 10.6 Å². The maximum absolute atomic E-state index is 6.20. The third-order valence-corrected chi connectivity index (χ3v) is 4.21. The molecule has 5 heteroatoms. The standard InChI is InChI=1S/C14H17Cl3O2/c1-18-11-3-2-4-12(7-11)19-14-9(8-15)5-10(16)6-13(14)17/h5-6,11-12H,2-4,7-8H2,1H3. The van der Waals surface area contributed by atoms with Crippen molar-refractivity contribution in [3.05, 3.63) is 27.7 Å². The van der Waals surface area contributed by atoms with E-state index < -0.39 is 0 Å². The van der Waals surface area contributed by atoms with E-state index in [0.717, 1.165) is 31.2 Å². The number of alkyl halides is 1. The summed E-state index contributed by atoms with van der Waals surface area (Å²) in [6, 6.07) is 3.48. The molecule has 1 fully saturated rings. The van der Waals surface area contributed by atoms with Gasteiger partial charge < -0.3 is 9.47 Å². The summed E-state index contributed by atoms with van der Waals surface area (Å²) in [7, 11) is 1.74. The highest BCUT2D eigenvalue weighted by molar-refractivity contribution is 6.36. The maximum atomic E-state index is 6.20. The number of rotatable bonds is 4. The van der Waals surface area contributed by atoms with E-state index in [9.17, 15) is 0 Å². The quantitative estimate of drug-likeness (QED) is 0.720. The van der Waals surface area contributed by atoms with Crippen LogP contribution in [0.25, 0.3) is 0 Å². The molecule has 2 atom stereocenters. The van der Waals surface area contributed by atoms with Crippen LogP contribution in [0.3, 0.4) is 0 Å². The summed E-state index contributed by atoms with van der Waals surface area (Å²) in [5.74, 6) is 0.985. The molecule has 19 heavy (non-hydrogen) atoms. The van der Waals surface area contributed by atoms with Gasteiger partial charge in [-0.15, -0.1) is 11.6 Å². The number of hydrogen-bond donors (Lipinski definition) is 0. The Balaban J connectivity index is 2.14. The summed E-state index contributed by atoms with van der Waals surface area (Å²) in [5.41, 5.74) is 0.832. The van der Waals surface area contributed by atoms with Gasteiger partial charge in [-0.05, 0) is 31.4 Å². The topological polar surface area (TPSA) is 18.5 Å². The maximum Gasteiger partial charge on any atom is 0.142 e. The van der Waals surface area contributed by atoms with Crippen LogP contribution in [0.2, 0.25) is 10.0 Å². The smallest absolute Gasteiger partial charge is 0.142 e. The molecule has 1 aliphatic rings. The first-order valence-corrected chi connectivity index (χ1v) is 7.66. The van der Waals surface area contributed by atoms with E-state index in [1.807, 2.05) is 0 Å². The molecule has 1 saturated carbocycles. The fourth-order valence-electron chi connectivity index (χ4n) is 2.43. The van der Waals surface area contributed by atoms with Crippen molar-refractivity contribution in [2.45, 2.75) is 43.8 Å². The number of methoxy groups -OCH3 is 1. The van der Waals surface area contributed by atoms with Gasteiger partial charge in [-0.1, -0.05) is 23.2 Å². The SMILES string of the molecule is COC1CCCC(Oc2c(Cl)cc(Cl)cc2CCl)C1. The van der Waals surface area contributed by atoms with Crippen molar-refractivity contribution in [3.8, 4) is 5.75 Å². The lowest BCUT2D eigenvalue weighted by Crippen LogP contribution is -2.29. The van der Waals surface area contributed by atoms with Crippen molar-refractivity contribution < 1.29 is 9.47 Å². The molecule has 0 N–H and O–H groups in total. The van der Waals surface area contributed by atoms with Crippen LogP contribution in [0, 0.1) is 0 Å². The minimum atomic E-state index is 0.124. The lowest BCUT2D eigenvalue weighted by molar-refractivity contribution is 0.0207. The highest BCUT2D eigenvalue weighted by Gasteiger charge is 2.24. The molecule has 0 radical (unpaired) electrons. The summed E-state index contributed by atoms with van der Waals surface area (Å²) in [6.07, 6.45) is 4.48. The molecule has 106 valence electrons. The molecule has 2 rings (SSSR count). The Bertz CT molecular complexity index is 437. The van der Waals surface area contributed by atoms with Crippen molar-refractivity contribution in [2.24, 2.45) is 0 Å². The van der Waals surface area contributed by atoms with Gasteiger partial charge in [0.2, 0.25) is 0 Å². The second-order valence-electron chi connectivity index (χ2n) is 4.77. The van der Waals surface area contributed by atoms with E-state index >= 15 is 0 Å². The molecule has 0 amide bonds. The molecule has 2 unspecified atom stereocenters. The fourth-order valence-corrected chi connectivity index (χ4v) is 3.21. The van der Waals surface area contributed by atoms with Crippen LogP contribution in [0.4, 0.5) is 0 Å². The highest BCUT2D eigenvalue weighted by Crippen LogP contribution is 2.36. The average Bonchev–Trinajstić information content (AvgIpc) is 2.41. The van der Waals surface area contributed by atoms with Crippen molar-refractivity contribution >= 4 is 34.8 Å². The highest BCUT2D eigenvalue weighted by atomic mass is 35.5. The summed E-state index contributed by atoms with van der Waals surface area (Å²) >= 11 is 18.1. The number of ether oxygens (including phenoxy) is 2. The predicted octanol–water partition coefficient (Wildman–Crippen LogP) is 5.07. The molecule has 1 aromatic carbocycles. The van der Waals surface area contributed by atoms with Crippen molar-refractivity contribution in [3.63, 3.8) is 0 Å². The van der Waals surface area contributed by atoms with E-state index in [1.54, 1.807) is 19.2 Å². The van der Waals surface area contributed by atoms with Gasteiger partial charge in [-0.2, -0.15) is 0 Å². The third kappa shape index (κ3) is 3.91. The first kappa shape index (κ1) is 15.2. The number of hydrogen-bond acceptors (Lipinski definition) is 2. The molecular formula is C14H17Cl3O2. The van der Waals surface area contributed by atoms with Gasteiger partial charge in [0.25, 0.3) is 0 Å². The molecular weight excluding hydrogens is 307 g/mol. The van der Waals surface area contributed by atoms with Gasteiger partial charge in [0, 0.05) is 24.1 Å². The predicted molar refractivity (Wildman–Crippen MR) is 79.7 cm³/mol. The molecule has 0 aromatic heterocycles. The van der Waals surface area contributed by atoms with E-state index in [0.29, 0.717) is 21.7 Å². The lowest BCUT2D eigenvalue weighted by Gasteiger charge is -2.29. The van der Waals surface area contributed by atoms with Gasteiger partial charge in [-0.3, -0.25) is 0 Å². The van der Waals surface area contributed by atoms with E-state index in [1.165, 1.54) is 0 Å². The summed E-state index contributed by atoms with van der Waals surface area (Å²) < 4.78 is 11.4. The minimum absolute atomic E-state index is 0.124. The van der Waals surface area contributed by atoms with Crippen LogP contribution < -0.4 is 4.74 Å². The summed E-state index contributed by atoms with van der Waals surface area (Å²) in [4.78, 5) is 0. The monoisotopic (exact) mass is 322 g/mol. The van der Waals surface area contributed by atoms with Crippen LogP contribution in [0.1, 0.15) is 31.2 Å². The van der Waals surface area contributed by atoms with Crippen LogP contribution in [0.15, 0.2) is 12.1 Å². The van der Waals surface area contributed by atoms with Crippen molar-refractivity contribution in [2.75, 3.05) is 7.11 Å². The first-order chi connectivity index (χ1) is 9.13. The van der Waals surface area contributed by atoms with Gasteiger partial charge >= 0.3 is 0 Å². The average molecular weight is 324 g/mol. The Kier molecular flexibility index (Phi) is 5.64. The van der Waals surface area contributed by atoms with Crippen LogP contribution in [0.5, 0.6) is 5.75 Å². The van der Waals surface area contributed by atoms with E-state index in [2.05, 4.69) is 0 Å². The molecule has 1 aromatic rings. The van der Waals surface area contributed by atoms with E-state index in [-0.39, 0.29) is 12.2 Å². The minimum Gasteiger partial charge on any atom is -0.488 e. The molecule has 0 aliphatic heterocycles. The Hall–Kier alpha value is -0.150. The van der Waals surface area contributed by atoms with E-state index in [4.69, 9.17) is 44.3 Å².